The maximum Gasteiger partial charge on any atom is 0.160 e. The van der Waals surface area contributed by atoms with E-state index in [0.29, 0.717) is 24.6 Å². The highest BCUT2D eigenvalue weighted by Gasteiger charge is 2.59. The molecule has 8 heteroatoms. The van der Waals surface area contributed by atoms with Crippen LogP contribution in [0, 0.1) is 0 Å². The number of hydrogen-bond donors (Lipinski definition) is 4. The Morgan fingerprint density at radius 3 is 1.45 bits per heavy atom. The molecule has 6 rings (SSSR count). The van der Waals surface area contributed by atoms with Gasteiger partial charge in [-0.3, -0.25) is 0 Å². The lowest BCUT2D eigenvalue weighted by Gasteiger charge is -2.57. The monoisotopic (exact) mass is 594 g/mol. The molecule has 0 radical (unpaired) electrons. The molecule has 230 valence electrons. The molecule has 4 aromatic carbocycles. The molecule has 0 spiro atoms. The van der Waals surface area contributed by atoms with Crippen LogP contribution in [0.15, 0.2) is 72.8 Å². The number of benzene rings is 4. The number of methoxy groups -OCH3 is 2. The van der Waals surface area contributed by atoms with E-state index < -0.39 is 11.1 Å². The van der Waals surface area contributed by atoms with E-state index in [0.717, 1.165) is 57.6 Å². The summed E-state index contributed by atoms with van der Waals surface area (Å²) in [6, 6.07) is 25.0. The van der Waals surface area contributed by atoms with Crippen LogP contribution in [0.2, 0.25) is 0 Å². The van der Waals surface area contributed by atoms with Crippen LogP contribution >= 0.6 is 0 Å². The van der Waals surface area contributed by atoms with Crippen LogP contribution < -0.4 is 29.9 Å². The number of ether oxygens (including phenoxy) is 2. The second kappa shape index (κ2) is 11.3. The summed E-state index contributed by atoms with van der Waals surface area (Å²) in [5.74, 6) is 1.07. The van der Waals surface area contributed by atoms with Crippen LogP contribution in [0.3, 0.4) is 0 Å². The van der Waals surface area contributed by atoms with E-state index >= 15 is 0 Å². The minimum absolute atomic E-state index is 0.0849. The number of aromatic hydroxyl groups is 2. The molecule has 4 N–H and O–H groups in total. The number of phenols is 2. The topological polar surface area (TPSA) is 89.5 Å². The predicted molar refractivity (Wildman–Crippen MR) is 176 cm³/mol. The fraction of sp³-hybridized carbons (Fsp3) is 0.333. The number of anilines is 2. The highest BCUT2D eigenvalue weighted by molar-refractivity contribution is 5.65. The summed E-state index contributed by atoms with van der Waals surface area (Å²) in [7, 11) is 11.3. The Morgan fingerprint density at radius 1 is 0.591 bits per heavy atom. The minimum atomic E-state index is -0.897. The standard InChI is InChI=1S/C36H42N4O4/c1-39(2)27-11-7-25(8-12-27)35(29-21-32(42)33(43-5)20-24(29)16-18-37-35)36(26-9-13-28(14-10-26)40(3)4)30-22-34(44-6)31(41)19-23(30)15-17-38-36/h7-14,19-22,37-38,41-42H,15-18H2,1-6H3. The Morgan fingerprint density at radius 2 is 1.00 bits per heavy atom. The molecule has 44 heavy (non-hydrogen) atoms. The van der Waals surface area contributed by atoms with E-state index in [1.54, 1.807) is 14.2 Å². The maximum atomic E-state index is 11.3. The lowest BCUT2D eigenvalue weighted by Crippen LogP contribution is -2.69. The highest BCUT2D eigenvalue weighted by atomic mass is 16.5. The van der Waals surface area contributed by atoms with Crippen molar-refractivity contribution in [3.05, 3.63) is 106 Å². The second-order valence-electron chi connectivity index (χ2n) is 12.1. The van der Waals surface area contributed by atoms with E-state index in [-0.39, 0.29) is 11.5 Å². The quantitative estimate of drug-likeness (QED) is 0.244. The predicted octanol–water partition coefficient (Wildman–Crippen LogP) is 4.73. The normalized spacial score (nSPS) is 20.8. The van der Waals surface area contributed by atoms with E-state index in [1.165, 1.54) is 0 Å². The fourth-order valence-corrected chi connectivity index (χ4v) is 7.26. The van der Waals surface area contributed by atoms with Crippen LogP contribution in [0.5, 0.6) is 23.0 Å². The first kappa shape index (κ1) is 29.7. The summed E-state index contributed by atoms with van der Waals surface area (Å²) < 4.78 is 11.3. The summed E-state index contributed by atoms with van der Waals surface area (Å²) in [5.41, 5.74) is 6.58. The van der Waals surface area contributed by atoms with Crippen LogP contribution in [0.1, 0.15) is 33.4 Å². The molecule has 0 bridgehead atoms. The number of fused-ring (bicyclic) bond motifs is 2. The molecule has 2 atom stereocenters. The van der Waals surface area contributed by atoms with Gasteiger partial charge in [0, 0.05) is 52.7 Å². The van der Waals surface area contributed by atoms with E-state index in [1.807, 2.05) is 52.5 Å². The SMILES string of the molecule is COc1cc2c(cc1O)C(c1ccc(N(C)C)cc1)(C1(c3ccc(N(C)C)cc3)NCCc3cc(O)c(OC)cc31)NCC2. The summed E-state index contributed by atoms with van der Waals surface area (Å²) in [5, 5.41) is 30.2. The van der Waals surface area contributed by atoms with Crippen LogP contribution in [-0.4, -0.2) is 65.7 Å². The molecule has 0 aromatic heterocycles. The molecule has 0 aliphatic carbocycles. The van der Waals surface area contributed by atoms with Crippen molar-refractivity contribution in [2.24, 2.45) is 0 Å². The molecule has 2 aliphatic rings. The van der Waals surface area contributed by atoms with Crippen LogP contribution in [0.4, 0.5) is 11.4 Å². The Labute approximate surface area is 259 Å². The highest BCUT2D eigenvalue weighted by Crippen LogP contribution is 2.56. The number of nitrogens with zero attached hydrogens (tertiary/aromatic N) is 2. The average Bonchev–Trinajstić information content (AvgIpc) is 3.03. The van der Waals surface area contributed by atoms with Gasteiger partial charge in [-0.1, -0.05) is 24.3 Å². The van der Waals surface area contributed by atoms with E-state index in [4.69, 9.17) is 9.47 Å². The molecule has 2 heterocycles. The molecular formula is C36H42N4O4. The largest absolute Gasteiger partial charge is 0.504 e. The number of rotatable bonds is 7. The lowest BCUT2D eigenvalue weighted by molar-refractivity contribution is 0.181. The molecule has 4 aromatic rings. The van der Waals surface area contributed by atoms with Gasteiger partial charge in [-0.15, -0.1) is 0 Å². The van der Waals surface area contributed by atoms with E-state index in [2.05, 4.69) is 69.0 Å². The zero-order valence-electron chi connectivity index (χ0n) is 26.4. The first-order valence-corrected chi connectivity index (χ1v) is 15.0. The Hall–Kier alpha value is -4.40. The van der Waals surface area contributed by atoms with Crippen molar-refractivity contribution in [3.63, 3.8) is 0 Å². The van der Waals surface area contributed by atoms with Crippen molar-refractivity contribution >= 4 is 11.4 Å². The van der Waals surface area contributed by atoms with Crippen molar-refractivity contribution in [2.75, 3.05) is 65.3 Å². The third kappa shape index (κ3) is 4.43. The van der Waals surface area contributed by atoms with Gasteiger partial charge in [0.25, 0.3) is 0 Å². The van der Waals surface area contributed by atoms with Crippen LogP contribution in [-0.2, 0) is 23.9 Å². The van der Waals surface area contributed by atoms with Gasteiger partial charge < -0.3 is 40.1 Å². The van der Waals surface area contributed by atoms with Crippen molar-refractivity contribution in [3.8, 4) is 23.0 Å². The third-order valence-electron chi connectivity index (χ3n) is 9.38. The van der Waals surface area contributed by atoms with E-state index in [9.17, 15) is 10.2 Å². The van der Waals surface area contributed by atoms with Gasteiger partial charge in [0.2, 0.25) is 0 Å². The Kier molecular flexibility index (Phi) is 7.59. The zero-order valence-corrected chi connectivity index (χ0v) is 26.4. The molecule has 2 unspecified atom stereocenters. The number of nitrogens with one attached hydrogen (secondary N) is 2. The van der Waals surface area contributed by atoms with Gasteiger partial charge in [0.05, 0.1) is 25.3 Å². The molecule has 0 saturated carbocycles. The average molecular weight is 595 g/mol. The minimum Gasteiger partial charge on any atom is -0.504 e. The molecule has 0 fully saturated rings. The molecule has 0 saturated heterocycles. The van der Waals surface area contributed by atoms with Gasteiger partial charge in [-0.25, -0.2) is 0 Å². The first-order valence-electron chi connectivity index (χ1n) is 15.0. The van der Waals surface area contributed by atoms with Crippen molar-refractivity contribution in [1.82, 2.24) is 10.6 Å². The Balaban J connectivity index is 1.78. The number of hydrogen-bond acceptors (Lipinski definition) is 8. The summed E-state index contributed by atoms with van der Waals surface area (Å²) in [6.07, 6.45) is 1.51. The zero-order chi connectivity index (χ0) is 31.2. The second-order valence-corrected chi connectivity index (χ2v) is 12.1. The first-order chi connectivity index (χ1) is 21.2. The van der Waals surface area contributed by atoms with Gasteiger partial charge in [0.1, 0.15) is 0 Å². The van der Waals surface area contributed by atoms with Gasteiger partial charge >= 0.3 is 0 Å². The smallest absolute Gasteiger partial charge is 0.160 e. The van der Waals surface area contributed by atoms with Crippen molar-refractivity contribution in [1.29, 1.82) is 0 Å². The van der Waals surface area contributed by atoms with Gasteiger partial charge in [-0.05, 0) is 94.8 Å². The number of phenolic OH excluding ortho intramolecular Hbond substituents is 2. The maximum absolute atomic E-state index is 11.3. The van der Waals surface area contributed by atoms with Gasteiger partial charge in [-0.2, -0.15) is 0 Å². The molecule has 0 amide bonds. The fourth-order valence-electron chi connectivity index (χ4n) is 7.26. The van der Waals surface area contributed by atoms with Crippen molar-refractivity contribution < 1.29 is 19.7 Å². The lowest BCUT2D eigenvalue weighted by atomic mass is 9.58. The van der Waals surface area contributed by atoms with Gasteiger partial charge in [0.15, 0.2) is 23.0 Å². The molecule has 2 aliphatic heterocycles. The van der Waals surface area contributed by atoms with Crippen molar-refractivity contribution in [2.45, 2.75) is 23.9 Å². The molecule has 8 nitrogen and oxygen atoms in total. The summed E-state index contributed by atoms with van der Waals surface area (Å²) in [4.78, 5) is 4.18. The third-order valence-corrected chi connectivity index (χ3v) is 9.38. The summed E-state index contributed by atoms with van der Waals surface area (Å²) in [6.45, 7) is 1.37. The summed E-state index contributed by atoms with van der Waals surface area (Å²) >= 11 is 0. The Bertz CT molecular complexity index is 1670. The van der Waals surface area contributed by atoms with Crippen LogP contribution in [0.25, 0.3) is 0 Å². The molecular weight excluding hydrogens is 552 g/mol.